The number of hydrogen-bond donors (Lipinski definition) is 1. The molecule has 1 saturated heterocycles. The molecule has 0 spiro atoms. The fourth-order valence-electron chi connectivity index (χ4n) is 4.67. The Kier molecular flexibility index (Phi) is 6.02. The minimum Gasteiger partial charge on any atom is -0.497 e. The minimum atomic E-state index is -0.184. The first-order valence-electron chi connectivity index (χ1n) is 10.7. The number of hydrogen-bond acceptors (Lipinski definition) is 4. The van der Waals surface area contributed by atoms with Crippen molar-refractivity contribution in [1.82, 2.24) is 19.7 Å². The van der Waals surface area contributed by atoms with E-state index >= 15 is 0 Å². The molecule has 0 unspecified atom stereocenters. The first-order chi connectivity index (χ1) is 14.2. The van der Waals surface area contributed by atoms with E-state index in [9.17, 15) is 9.59 Å². The fraction of sp³-hybridized carbons (Fsp3) is 0.591. The molecular weight excluding hydrogens is 368 g/mol. The molecule has 2 aliphatic rings. The summed E-state index contributed by atoms with van der Waals surface area (Å²) in [7, 11) is 1.64. The first-order valence-corrected chi connectivity index (χ1v) is 10.7. The van der Waals surface area contributed by atoms with Gasteiger partial charge in [0.2, 0.25) is 5.91 Å². The summed E-state index contributed by atoms with van der Waals surface area (Å²) in [6, 6.07) is 7.73. The van der Waals surface area contributed by atoms with E-state index in [0.717, 1.165) is 55.9 Å². The van der Waals surface area contributed by atoms with Crippen LogP contribution in [0.15, 0.2) is 29.1 Å². The number of carbonyl (C=O) groups is 1. The van der Waals surface area contributed by atoms with E-state index in [1.807, 2.05) is 29.2 Å². The second kappa shape index (κ2) is 8.84. The summed E-state index contributed by atoms with van der Waals surface area (Å²) in [5.74, 6) is 2.35. The predicted octanol–water partition coefficient (Wildman–Crippen LogP) is 2.91. The van der Waals surface area contributed by atoms with Crippen LogP contribution in [0.4, 0.5) is 0 Å². The summed E-state index contributed by atoms with van der Waals surface area (Å²) in [6.07, 6.45) is 7.40. The number of H-pyrrole nitrogens is 1. The summed E-state index contributed by atoms with van der Waals surface area (Å²) >= 11 is 0. The normalized spacial score (nSPS) is 18.7. The van der Waals surface area contributed by atoms with Crippen LogP contribution in [0.2, 0.25) is 0 Å². The maximum atomic E-state index is 12.8. The molecule has 2 fully saturated rings. The molecule has 156 valence electrons. The molecule has 2 heterocycles. The monoisotopic (exact) mass is 398 g/mol. The van der Waals surface area contributed by atoms with E-state index < -0.39 is 0 Å². The predicted molar refractivity (Wildman–Crippen MR) is 110 cm³/mol. The molecule has 0 radical (unpaired) electrons. The Balaban J connectivity index is 1.41. The van der Waals surface area contributed by atoms with Gasteiger partial charge in [0, 0.05) is 24.9 Å². The van der Waals surface area contributed by atoms with Gasteiger partial charge in [-0.15, -0.1) is 0 Å². The molecule has 1 aliphatic carbocycles. The first kappa shape index (κ1) is 19.7. The van der Waals surface area contributed by atoms with Gasteiger partial charge in [-0.3, -0.25) is 9.36 Å². The summed E-state index contributed by atoms with van der Waals surface area (Å²) in [6.45, 7) is 1.99. The molecule has 1 aromatic heterocycles. The molecule has 1 amide bonds. The number of carbonyl (C=O) groups excluding carboxylic acids is 1. The summed E-state index contributed by atoms with van der Waals surface area (Å²) in [5.41, 5.74) is 0.844. The molecular formula is C22H30N4O3. The van der Waals surface area contributed by atoms with Crippen LogP contribution in [0.5, 0.6) is 5.75 Å². The van der Waals surface area contributed by atoms with Gasteiger partial charge in [0.05, 0.1) is 13.7 Å². The van der Waals surface area contributed by atoms with Crippen molar-refractivity contribution in [3.63, 3.8) is 0 Å². The number of aromatic nitrogens is 3. The van der Waals surface area contributed by atoms with Crippen LogP contribution in [0.25, 0.3) is 0 Å². The maximum absolute atomic E-state index is 12.8. The molecule has 0 atom stereocenters. The lowest BCUT2D eigenvalue weighted by Gasteiger charge is -2.35. The molecule has 7 nitrogen and oxygen atoms in total. The van der Waals surface area contributed by atoms with E-state index in [2.05, 4.69) is 10.2 Å². The summed E-state index contributed by atoms with van der Waals surface area (Å²) in [5, 5.41) is 6.94. The van der Waals surface area contributed by atoms with Gasteiger partial charge < -0.3 is 9.64 Å². The number of benzene rings is 1. The molecule has 1 N–H and O–H groups in total. The number of aromatic amines is 1. The number of methoxy groups -OCH3 is 1. The summed E-state index contributed by atoms with van der Waals surface area (Å²) in [4.78, 5) is 27.2. The van der Waals surface area contributed by atoms with E-state index in [1.165, 1.54) is 19.3 Å². The number of piperidine rings is 1. The van der Waals surface area contributed by atoms with Crippen molar-refractivity contribution in [3.05, 3.63) is 46.1 Å². The minimum absolute atomic E-state index is 0.184. The van der Waals surface area contributed by atoms with Crippen molar-refractivity contribution < 1.29 is 9.53 Å². The van der Waals surface area contributed by atoms with Crippen molar-refractivity contribution in [2.45, 2.75) is 57.4 Å². The highest BCUT2D eigenvalue weighted by atomic mass is 16.5. The Morgan fingerprint density at radius 1 is 1.10 bits per heavy atom. The van der Waals surface area contributed by atoms with Crippen molar-refractivity contribution in [2.24, 2.45) is 5.92 Å². The SMILES string of the molecule is COc1ccc(Cn2c(C3CCN(C(=O)C4CCCCC4)CC3)n[nH]c2=O)cc1. The lowest BCUT2D eigenvalue weighted by atomic mass is 9.87. The highest BCUT2D eigenvalue weighted by Gasteiger charge is 2.31. The van der Waals surface area contributed by atoms with E-state index in [4.69, 9.17) is 4.74 Å². The standard InChI is InChI=1S/C22H30N4O3/c1-29-19-9-7-16(8-10-19)15-26-20(23-24-22(26)28)17-11-13-25(14-12-17)21(27)18-5-3-2-4-6-18/h7-10,17-18H,2-6,11-15H2,1H3,(H,24,28). The van der Waals surface area contributed by atoms with Crippen molar-refractivity contribution >= 4 is 5.91 Å². The van der Waals surface area contributed by atoms with Crippen LogP contribution in [-0.2, 0) is 11.3 Å². The average Bonchev–Trinajstić information content (AvgIpc) is 3.14. The van der Waals surface area contributed by atoms with Gasteiger partial charge in [0.15, 0.2) is 0 Å². The molecule has 7 heteroatoms. The number of nitrogens with one attached hydrogen (secondary N) is 1. The molecule has 0 bridgehead atoms. The third-order valence-electron chi connectivity index (χ3n) is 6.41. The Morgan fingerprint density at radius 3 is 2.45 bits per heavy atom. The second-order valence-electron chi connectivity index (χ2n) is 8.26. The van der Waals surface area contributed by atoms with Crippen LogP contribution in [0.3, 0.4) is 0 Å². The number of ether oxygens (including phenoxy) is 1. The molecule has 29 heavy (non-hydrogen) atoms. The van der Waals surface area contributed by atoms with Crippen molar-refractivity contribution in [2.75, 3.05) is 20.2 Å². The zero-order valence-corrected chi connectivity index (χ0v) is 17.1. The zero-order valence-electron chi connectivity index (χ0n) is 17.1. The average molecular weight is 399 g/mol. The van der Waals surface area contributed by atoms with Crippen LogP contribution < -0.4 is 10.4 Å². The topological polar surface area (TPSA) is 80.2 Å². The zero-order chi connectivity index (χ0) is 20.2. The Morgan fingerprint density at radius 2 is 1.79 bits per heavy atom. The van der Waals surface area contributed by atoms with Gasteiger partial charge in [-0.05, 0) is 43.4 Å². The Labute approximate surface area is 171 Å². The third kappa shape index (κ3) is 4.38. The number of likely N-dealkylation sites (tertiary alicyclic amines) is 1. The number of amides is 1. The van der Waals surface area contributed by atoms with Gasteiger partial charge >= 0.3 is 5.69 Å². The third-order valence-corrected chi connectivity index (χ3v) is 6.41. The quantitative estimate of drug-likeness (QED) is 0.840. The van der Waals surface area contributed by atoms with Crippen LogP contribution >= 0.6 is 0 Å². The van der Waals surface area contributed by atoms with Gasteiger partial charge in [0.1, 0.15) is 11.6 Å². The van der Waals surface area contributed by atoms with Gasteiger partial charge in [0.25, 0.3) is 0 Å². The van der Waals surface area contributed by atoms with E-state index in [0.29, 0.717) is 12.5 Å². The molecule has 2 aromatic rings. The van der Waals surface area contributed by atoms with E-state index in [1.54, 1.807) is 11.7 Å². The van der Waals surface area contributed by atoms with Crippen molar-refractivity contribution in [1.29, 1.82) is 0 Å². The van der Waals surface area contributed by atoms with Crippen molar-refractivity contribution in [3.8, 4) is 5.75 Å². The van der Waals surface area contributed by atoms with Gasteiger partial charge in [-0.1, -0.05) is 31.4 Å². The molecule has 1 aromatic carbocycles. The van der Waals surface area contributed by atoms with Gasteiger partial charge in [-0.25, -0.2) is 9.89 Å². The summed E-state index contributed by atoms with van der Waals surface area (Å²) < 4.78 is 6.93. The van der Waals surface area contributed by atoms with Gasteiger partial charge in [-0.2, -0.15) is 5.10 Å². The highest BCUT2D eigenvalue weighted by molar-refractivity contribution is 5.79. The fourth-order valence-corrected chi connectivity index (χ4v) is 4.67. The smallest absolute Gasteiger partial charge is 0.343 e. The van der Waals surface area contributed by atoms with Crippen LogP contribution in [0, 0.1) is 5.92 Å². The van der Waals surface area contributed by atoms with Crippen LogP contribution in [0.1, 0.15) is 62.3 Å². The molecule has 1 saturated carbocycles. The molecule has 4 rings (SSSR count). The Hall–Kier alpha value is -2.57. The lowest BCUT2D eigenvalue weighted by molar-refractivity contribution is -0.137. The largest absolute Gasteiger partial charge is 0.497 e. The van der Waals surface area contributed by atoms with Crippen LogP contribution in [-0.4, -0.2) is 45.8 Å². The van der Waals surface area contributed by atoms with E-state index in [-0.39, 0.29) is 17.5 Å². The highest BCUT2D eigenvalue weighted by Crippen LogP contribution is 2.30. The Bertz CT molecular complexity index is 872. The lowest BCUT2D eigenvalue weighted by Crippen LogP contribution is -2.42. The number of rotatable bonds is 5. The number of nitrogens with zero attached hydrogens (tertiary/aromatic N) is 3. The maximum Gasteiger partial charge on any atom is 0.343 e. The second-order valence-corrected chi connectivity index (χ2v) is 8.26. The molecule has 1 aliphatic heterocycles.